The van der Waals surface area contributed by atoms with Crippen molar-refractivity contribution in [1.29, 1.82) is 0 Å². The molecule has 1 fully saturated rings. The average Bonchev–Trinajstić information content (AvgIpc) is 2.95. The number of nitrogens with zero attached hydrogens (tertiary/aromatic N) is 1. The number of carbonyl (C=O) groups is 1. The number of carbonyl (C=O) groups excluding carboxylic acids is 1. The van der Waals surface area contributed by atoms with Crippen LogP contribution in [-0.4, -0.2) is 47.0 Å². The second-order valence-electron chi connectivity index (χ2n) is 6.81. The van der Waals surface area contributed by atoms with Crippen LogP contribution < -0.4 is 0 Å². The summed E-state index contributed by atoms with van der Waals surface area (Å²) in [5, 5.41) is 10.9. The summed E-state index contributed by atoms with van der Waals surface area (Å²) >= 11 is 0. The fourth-order valence-corrected chi connectivity index (χ4v) is 4.62. The number of aromatic nitrogens is 1. The standard InChI is InChI=1S/C19H22N2O2/c1-2-6-21-9-12(10-22)7-14-13-4-3-5-16-19(13)15(8-18(14)21)17(11-23)20-16/h2-5,11-12,14,18,20,22H,1,6-10H2/t12?,14-,18-/m1/s1. The predicted octanol–water partition coefficient (Wildman–Crippen LogP) is 2.49. The van der Waals surface area contributed by atoms with Crippen LogP contribution in [0.25, 0.3) is 10.9 Å². The Morgan fingerprint density at radius 2 is 2.30 bits per heavy atom. The largest absolute Gasteiger partial charge is 0.396 e. The van der Waals surface area contributed by atoms with E-state index >= 15 is 0 Å². The van der Waals surface area contributed by atoms with E-state index in [0.29, 0.717) is 23.6 Å². The van der Waals surface area contributed by atoms with Crippen LogP contribution in [0.3, 0.4) is 0 Å². The minimum atomic E-state index is 0.229. The number of nitrogens with one attached hydrogen (secondary N) is 1. The molecule has 0 radical (unpaired) electrons. The SMILES string of the molecule is C=CCN1CC(CO)C[C@@H]2c3cccc4[nH]c(C=O)c(c34)C[C@H]21. The van der Waals surface area contributed by atoms with Crippen molar-refractivity contribution in [2.75, 3.05) is 19.7 Å². The van der Waals surface area contributed by atoms with E-state index < -0.39 is 0 Å². The summed E-state index contributed by atoms with van der Waals surface area (Å²) in [6, 6.07) is 6.68. The second-order valence-corrected chi connectivity index (χ2v) is 6.81. The van der Waals surface area contributed by atoms with Crippen LogP contribution in [0.4, 0.5) is 0 Å². The van der Waals surface area contributed by atoms with Gasteiger partial charge >= 0.3 is 0 Å². The van der Waals surface area contributed by atoms with Crippen LogP contribution in [0.1, 0.15) is 34.0 Å². The maximum absolute atomic E-state index is 11.5. The molecule has 4 nitrogen and oxygen atoms in total. The Balaban J connectivity index is 1.86. The van der Waals surface area contributed by atoms with Crippen molar-refractivity contribution in [2.24, 2.45) is 5.92 Å². The Kier molecular flexibility index (Phi) is 3.58. The van der Waals surface area contributed by atoms with Gasteiger partial charge in [-0.3, -0.25) is 9.69 Å². The van der Waals surface area contributed by atoms with Crippen molar-refractivity contribution in [3.63, 3.8) is 0 Å². The molecule has 1 aromatic carbocycles. The highest BCUT2D eigenvalue weighted by molar-refractivity contribution is 5.95. The molecule has 3 atom stereocenters. The quantitative estimate of drug-likeness (QED) is 0.674. The average molecular weight is 310 g/mol. The van der Waals surface area contributed by atoms with E-state index in [1.54, 1.807) is 0 Å². The number of hydrogen-bond donors (Lipinski definition) is 2. The lowest BCUT2D eigenvalue weighted by molar-refractivity contribution is 0.0659. The van der Waals surface area contributed by atoms with Crippen LogP contribution in [0, 0.1) is 5.92 Å². The summed E-state index contributed by atoms with van der Waals surface area (Å²) in [5.74, 6) is 0.713. The molecule has 120 valence electrons. The van der Waals surface area contributed by atoms with Gasteiger partial charge < -0.3 is 10.1 Å². The highest BCUT2D eigenvalue weighted by Crippen LogP contribution is 2.45. The fourth-order valence-electron chi connectivity index (χ4n) is 4.62. The van der Waals surface area contributed by atoms with E-state index in [1.165, 1.54) is 10.9 Å². The van der Waals surface area contributed by atoms with Gasteiger partial charge in [0, 0.05) is 42.6 Å². The lowest BCUT2D eigenvalue weighted by Gasteiger charge is -2.46. The molecule has 0 amide bonds. The van der Waals surface area contributed by atoms with Gasteiger partial charge in [-0.2, -0.15) is 0 Å². The van der Waals surface area contributed by atoms with Crippen molar-refractivity contribution in [3.05, 3.63) is 47.7 Å². The molecular weight excluding hydrogens is 288 g/mol. The lowest BCUT2D eigenvalue weighted by Crippen LogP contribution is -2.50. The zero-order valence-corrected chi connectivity index (χ0v) is 13.2. The molecule has 0 spiro atoms. The van der Waals surface area contributed by atoms with Gasteiger partial charge in [-0.05, 0) is 36.0 Å². The Hall–Kier alpha value is -1.91. The van der Waals surface area contributed by atoms with Gasteiger partial charge in [0.1, 0.15) is 0 Å². The first-order valence-electron chi connectivity index (χ1n) is 8.31. The highest BCUT2D eigenvalue weighted by Gasteiger charge is 2.40. The normalized spacial score (nSPS) is 26.9. The van der Waals surface area contributed by atoms with Gasteiger partial charge in [0.15, 0.2) is 6.29 Å². The maximum atomic E-state index is 11.5. The maximum Gasteiger partial charge on any atom is 0.166 e. The number of fused-ring (bicyclic) bond motifs is 2. The van der Waals surface area contributed by atoms with Crippen LogP contribution in [0.15, 0.2) is 30.9 Å². The summed E-state index contributed by atoms with van der Waals surface area (Å²) in [5.41, 5.74) is 4.25. The van der Waals surface area contributed by atoms with Crippen LogP contribution >= 0.6 is 0 Å². The number of piperidine rings is 1. The third kappa shape index (κ3) is 2.17. The molecule has 1 aromatic heterocycles. The van der Waals surface area contributed by atoms with Gasteiger partial charge in [0.2, 0.25) is 0 Å². The number of likely N-dealkylation sites (tertiary alicyclic amines) is 1. The predicted molar refractivity (Wildman–Crippen MR) is 90.9 cm³/mol. The number of H-pyrrole nitrogens is 1. The monoisotopic (exact) mass is 310 g/mol. The third-order valence-corrected chi connectivity index (χ3v) is 5.56. The van der Waals surface area contributed by atoms with Gasteiger partial charge in [0.05, 0.1) is 5.69 Å². The Labute approximate surface area is 135 Å². The number of aliphatic hydroxyl groups is 1. The molecule has 2 aromatic rings. The molecule has 2 aliphatic rings. The minimum absolute atomic E-state index is 0.229. The molecule has 1 saturated heterocycles. The van der Waals surface area contributed by atoms with E-state index in [-0.39, 0.29) is 6.61 Å². The van der Waals surface area contributed by atoms with Gasteiger partial charge in [-0.1, -0.05) is 18.2 Å². The molecule has 2 heterocycles. The molecule has 1 aliphatic heterocycles. The lowest BCUT2D eigenvalue weighted by atomic mass is 9.72. The molecule has 2 N–H and O–H groups in total. The minimum Gasteiger partial charge on any atom is -0.396 e. The van der Waals surface area contributed by atoms with E-state index in [4.69, 9.17) is 0 Å². The summed E-state index contributed by atoms with van der Waals surface area (Å²) in [6.45, 7) is 5.83. The van der Waals surface area contributed by atoms with E-state index in [9.17, 15) is 9.90 Å². The molecular formula is C19H22N2O2. The number of benzene rings is 1. The number of rotatable bonds is 4. The smallest absolute Gasteiger partial charge is 0.166 e. The third-order valence-electron chi connectivity index (χ3n) is 5.56. The van der Waals surface area contributed by atoms with E-state index in [0.717, 1.165) is 43.3 Å². The van der Waals surface area contributed by atoms with Crippen LogP contribution in [0.5, 0.6) is 0 Å². The number of aliphatic hydroxyl groups excluding tert-OH is 1. The zero-order valence-electron chi connectivity index (χ0n) is 13.2. The fraction of sp³-hybridized carbons (Fsp3) is 0.421. The molecule has 1 unspecified atom stereocenters. The molecule has 4 heteroatoms. The molecule has 4 rings (SSSR count). The second kappa shape index (κ2) is 5.62. The van der Waals surface area contributed by atoms with Crippen molar-refractivity contribution >= 4 is 17.2 Å². The van der Waals surface area contributed by atoms with Crippen molar-refractivity contribution < 1.29 is 9.90 Å². The van der Waals surface area contributed by atoms with E-state index in [1.807, 2.05) is 12.1 Å². The van der Waals surface area contributed by atoms with E-state index in [2.05, 4.69) is 28.6 Å². The van der Waals surface area contributed by atoms with Crippen molar-refractivity contribution in [3.8, 4) is 0 Å². The Morgan fingerprint density at radius 3 is 3.04 bits per heavy atom. The molecule has 1 aliphatic carbocycles. The Bertz CT molecular complexity index is 764. The first kappa shape index (κ1) is 14.7. The van der Waals surface area contributed by atoms with Gasteiger partial charge in [-0.25, -0.2) is 0 Å². The first-order chi connectivity index (χ1) is 11.3. The molecule has 0 saturated carbocycles. The van der Waals surface area contributed by atoms with Crippen molar-refractivity contribution in [2.45, 2.75) is 24.8 Å². The van der Waals surface area contributed by atoms with Crippen LogP contribution in [-0.2, 0) is 6.42 Å². The summed E-state index contributed by atoms with van der Waals surface area (Å²) in [6.07, 6.45) is 4.78. The van der Waals surface area contributed by atoms with Crippen molar-refractivity contribution in [1.82, 2.24) is 9.88 Å². The van der Waals surface area contributed by atoms with Gasteiger partial charge in [0.25, 0.3) is 0 Å². The highest BCUT2D eigenvalue weighted by atomic mass is 16.3. The Morgan fingerprint density at radius 1 is 1.43 bits per heavy atom. The summed E-state index contributed by atoms with van der Waals surface area (Å²) in [7, 11) is 0. The van der Waals surface area contributed by atoms with Crippen LogP contribution in [0.2, 0.25) is 0 Å². The molecule has 23 heavy (non-hydrogen) atoms. The molecule has 0 bridgehead atoms. The first-order valence-corrected chi connectivity index (χ1v) is 8.31. The zero-order chi connectivity index (χ0) is 16.0. The summed E-state index contributed by atoms with van der Waals surface area (Å²) in [4.78, 5) is 17.2. The number of hydrogen-bond acceptors (Lipinski definition) is 3. The number of aromatic amines is 1. The topological polar surface area (TPSA) is 56.3 Å². The van der Waals surface area contributed by atoms with Gasteiger partial charge in [-0.15, -0.1) is 6.58 Å². The summed E-state index contributed by atoms with van der Waals surface area (Å²) < 4.78 is 0. The number of aldehydes is 1.